The molecule has 1 rings (SSSR count). The minimum atomic E-state index is -0.968. The van der Waals surface area contributed by atoms with Gasteiger partial charge >= 0.3 is 11.9 Å². The first kappa shape index (κ1) is 25.2. The van der Waals surface area contributed by atoms with Crippen molar-refractivity contribution in [1.29, 1.82) is 0 Å². The summed E-state index contributed by atoms with van der Waals surface area (Å²) in [6, 6.07) is 8.92. The van der Waals surface area contributed by atoms with Crippen molar-refractivity contribution in [2.45, 2.75) is 103 Å². The van der Waals surface area contributed by atoms with Crippen molar-refractivity contribution in [1.82, 2.24) is 0 Å². The molecule has 0 aliphatic carbocycles. The lowest BCUT2D eigenvalue weighted by Gasteiger charge is -2.13. The van der Waals surface area contributed by atoms with Crippen LogP contribution >= 0.6 is 0 Å². The Morgan fingerprint density at radius 1 is 0.793 bits per heavy atom. The van der Waals surface area contributed by atoms with Crippen molar-refractivity contribution in [3.63, 3.8) is 0 Å². The lowest BCUT2D eigenvalue weighted by molar-refractivity contribution is -0.148. The standard InChI is InChI=1S/C25H40O4/c1-2-3-4-5-6-7-8-9-10-11-12-13-17-20-24(26)29-21-23(25(27)28)22-18-15-14-16-19-22/h14-16,18-19,23H,2-13,17,20-21H2,1H3,(H,27,28). The van der Waals surface area contributed by atoms with Gasteiger partial charge in [0.1, 0.15) is 12.5 Å². The molecule has 4 heteroatoms. The molecule has 1 atom stereocenters. The zero-order valence-corrected chi connectivity index (χ0v) is 18.2. The maximum absolute atomic E-state index is 11.9. The van der Waals surface area contributed by atoms with Crippen molar-refractivity contribution in [3.8, 4) is 0 Å². The van der Waals surface area contributed by atoms with Crippen LogP contribution in [0, 0.1) is 0 Å². The summed E-state index contributed by atoms with van der Waals surface area (Å²) in [5.41, 5.74) is 0.661. The number of carbonyl (C=O) groups is 2. The van der Waals surface area contributed by atoms with Crippen LogP contribution in [0.5, 0.6) is 0 Å². The van der Waals surface area contributed by atoms with Crippen molar-refractivity contribution in [2.24, 2.45) is 0 Å². The van der Waals surface area contributed by atoms with Crippen molar-refractivity contribution < 1.29 is 19.4 Å². The molecule has 1 unspecified atom stereocenters. The van der Waals surface area contributed by atoms with Crippen LogP contribution in [-0.2, 0) is 14.3 Å². The molecular weight excluding hydrogens is 364 g/mol. The number of unbranched alkanes of at least 4 members (excludes halogenated alkanes) is 12. The largest absolute Gasteiger partial charge is 0.481 e. The summed E-state index contributed by atoms with van der Waals surface area (Å²) >= 11 is 0. The van der Waals surface area contributed by atoms with Gasteiger partial charge in [0, 0.05) is 6.42 Å². The summed E-state index contributed by atoms with van der Waals surface area (Å²) in [4.78, 5) is 23.3. The molecule has 0 radical (unpaired) electrons. The van der Waals surface area contributed by atoms with Crippen LogP contribution in [-0.4, -0.2) is 23.7 Å². The fourth-order valence-corrected chi connectivity index (χ4v) is 3.53. The molecule has 0 spiro atoms. The van der Waals surface area contributed by atoms with E-state index in [4.69, 9.17) is 4.74 Å². The van der Waals surface area contributed by atoms with E-state index in [2.05, 4.69) is 6.92 Å². The lowest BCUT2D eigenvalue weighted by atomic mass is 10.0. The monoisotopic (exact) mass is 404 g/mol. The van der Waals surface area contributed by atoms with E-state index in [1.54, 1.807) is 24.3 Å². The predicted octanol–water partition coefficient (Wildman–Crippen LogP) is 6.88. The van der Waals surface area contributed by atoms with Crippen LogP contribution in [0.3, 0.4) is 0 Å². The number of ether oxygens (including phenoxy) is 1. The first-order chi connectivity index (χ1) is 14.1. The Morgan fingerprint density at radius 3 is 1.76 bits per heavy atom. The molecule has 0 bridgehead atoms. The van der Waals surface area contributed by atoms with Crippen LogP contribution in [0.25, 0.3) is 0 Å². The summed E-state index contributed by atoms with van der Waals surface area (Å²) in [5, 5.41) is 9.35. The quantitative estimate of drug-likeness (QED) is 0.214. The third-order valence-electron chi connectivity index (χ3n) is 5.40. The number of carboxylic acid groups (broad SMARTS) is 1. The van der Waals surface area contributed by atoms with E-state index in [9.17, 15) is 14.7 Å². The average Bonchev–Trinajstić information content (AvgIpc) is 2.72. The third kappa shape index (κ3) is 13.1. The highest BCUT2D eigenvalue weighted by Crippen LogP contribution is 2.17. The number of hydrogen-bond acceptors (Lipinski definition) is 3. The molecule has 1 aromatic rings. The Bertz CT molecular complexity index is 541. The smallest absolute Gasteiger partial charge is 0.314 e. The molecule has 29 heavy (non-hydrogen) atoms. The third-order valence-corrected chi connectivity index (χ3v) is 5.40. The number of hydrogen-bond donors (Lipinski definition) is 1. The second-order valence-electron chi connectivity index (χ2n) is 7.98. The maximum Gasteiger partial charge on any atom is 0.314 e. The number of esters is 1. The average molecular weight is 405 g/mol. The van der Waals surface area contributed by atoms with E-state index in [0.29, 0.717) is 12.0 Å². The van der Waals surface area contributed by atoms with E-state index in [0.717, 1.165) is 19.3 Å². The SMILES string of the molecule is CCCCCCCCCCCCCCCC(=O)OCC(C(=O)O)c1ccccc1. The Morgan fingerprint density at radius 2 is 1.28 bits per heavy atom. The highest BCUT2D eigenvalue weighted by atomic mass is 16.5. The van der Waals surface area contributed by atoms with Crippen LogP contribution < -0.4 is 0 Å². The molecule has 1 N–H and O–H groups in total. The fourth-order valence-electron chi connectivity index (χ4n) is 3.53. The number of carboxylic acids is 1. The summed E-state index contributed by atoms with van der Waals surface area (Å²) in [5.74, 6) is -2.06. The van der Waals surface area contributed by atoms with Gasteiger partial charge in [0.05, 0.1) is 0 Å². The van der Waals surface area contributed by atoms with Gasteiger partial charge in [0.25, 0.3) is 0 Å². The van der Waals surface area contributed by atoms with Crippen molar-refractivity contribution >= 4 is 11.9 Å². The van der Waals surface area contributed by atoms with Gasteiger partial charge in [0.2, 0.25) is 0 Å². The summed E-state index contributed by atoms with van der Waals surface area (Å²) in [6.45, 7) is 2.15. The van der Waals surface area contributed by atoms with Gasteiger partial charge in [-0.3, -0.25) is 9.59 Å². The second kappa shape index (κ2) is 17.1. The van der Waals surface area contributed by atoms with Gasteiger partial charge in [-0.2, -0.15) is 0 Å². The molecule has 0 saturated carbocycles. The van der Waals surface area contributed by atoms with Gasteiger partial charge in [-0.15, -0.1) is 0 Å². The highest BCUT2D eigenvalue weighted by Gasteiger charge is 2.21. The van der Waals surface area contributed by atoms with E-state index < -0.39 is 11.9 Å². The Kier molecular flexibility index (Phi) is 14.8. The number of benzene rings is 1. The minimum absolute atomic E-state index is 0.101. The van der Waals surface area contributed by atoms with Crippen LogP contribution in [0.1, 0.15) is 108 Å². The van der Waals surface area contributed by atoms with Crippen molar-refractivity contribution in [2.75, 3.05) is 6.61 Å². The van der Waals surface area contributed by atoms with Gasteiger partial charge in [0.15, 0.2) is 0 Å². The van der Waals surface area contributed by atoms with E-state index in [1.165, 1.54) is 64.2 Å². The number of aliphatic carboxylic acids is 1. The van der Waals surface area contributed by atoms with Crippen molar-refractivity contribution in [3.05, 3.63) is 35.9 Å². The fraction of sp³-hybridized carbons (Fsp3) is 0.680. The zero-order valence-electron chi connectivity index (χ0n) is 18.2. The van der Waals surface area contributed by atoms with Gasteiger partial charge < -0.3 is 9.84 Å². The van der Waals surface area contributed by atoms with Gasteiger partial charge in [-0.25, -0.2) is 0 Å². The lowest BCUT2D eigenvalue weighted by Crippen LogP contribution is -2.20. The summed E-state index contributed by atoms with van der Waals surface area (Å²) < 4.78 is 5.21. The maximum atomic E-state index is 11.9. The Labute approximate surface area is 177 Å². The molecule has 164 valence electrons. The van der Waals surface area contributed by atoms with E-state index in [-0.39, 0.29) is 12.6 Å². The molecule has 4 nitrogen and oxygen atoms in total. The zero-order chi connectivity index (χ0) is 21.2. The minimum Gasteiger partial charge on any atom is -0.481 e. The number of carbonyl (C=O) groups excluding carboxylic acids is 1. The molecule has 0 fully saturated rings. The first-order valence-corrected chi connectivity index (χ1v) is 11.6. The summed E-state index contributed by atoms with van der Waals surface area (Å²) in [7, 11) is 0. The highest BCUT2D eigenvalue weighted by molar-refractivity contribution is 5.77. The predicted molar refractivity (Wildman–Crippen MR) is 118 cm³/mol. The normalized spacial score (nSPS) is 11.9. The molecule has 0 aliphatic rings. The van der Waals surface area contributed by atoms with Crippen LogP contribution in [0.2, 0.25) is 0 Å². The summed E-state index contributed by atoms with van der Waals surface area (Å²) in [6.07, 6.45) is 16.8. The second-order valence-corrected chi connectivity index (χ2v) is 7.98. The molecule has 0 aromatic heterocycles. The molecule has 1 aromatic carbocycles. The Balaban J connectivity index is 1.98. The first-order valence-electron chi connectivity index (χ1n) is 11.6. The molecule has 0 saturated heterocycles. The van der Waals surface area contributed by atoms with Crippen LogP contribution in [0.4, 0.5) is 0 Å². The number of rotatable bonds is 18. The van der Waals surface area contributed by atoms with E-state index >= 15 is 0 Å². The molecule has 0 aliphatic heterocycles. The molecular formula is C25H40O4. The topological polar surface area (TPSA) is 63.6 Å². The van der Waals surface area contributed by atoms with Crippen LogP contribution in [0.15, 0.2) is 30.3 Å². The Hall–Kier alpha value is -1.84. The van der Waals surface area contributed by atoms with Gasteiger partial charge in [-0.1, -0.05) is 114 Å². The van der Waals surface area contributed by atoms with E-state index in [1.807, 2.05) is 6.07 Å². The molecule has 0 heterocycles. The molecule has 0 amide bonds. The van der Waals surface area contributed by atoms with Gasteiger partial charge in [-0.05, 0) is 12.0 Å².